The summed E-state index contributed by atoms with van der Waals surface area (Å²) in [5.74, 6) is 0.186. The van der Waals surface area contributed by atoms with Gasteiger partial charge in [-0.3, -0.25) is 4.79 Å². The number of aliphatic hydroxyl groups excluding tert-OH is 1. The summed E-state index contributed by atoms with van der Waals surface area (Å²) >= 11 is 0. The molecule has 116 valence electrons. The lowest BCUT2D eigenvalue weighted by Crippen LogP contribution is -2.49. The van der Waals surface area contributed by atoms with Crippen LogP contribution in [0.4, 0.5) is 0 Å². The van der Waals surface area contributed by atoms with E-state index in [1.165, 1.54) is 25.7 Å². The van der Waals surface area contributed by atoms with Gasteiger partial charge in [0.05, 0.1) is 12.5 Å². The van der Waals surface area contributed by atoms with Crippen LogP contribution in [0.2, 0.25) is 0 Å². The summed E-state index contributed by atoms with van der Waals surface area (Å²) in [6, 6.07) is 0.341. The van der Waals surface area contributed by atoms with Crippen LogP contribution in [0.25, 0.3) is 0 Å². The van der Waals surface area contributed by atoms with E-state index in [9.17, 15) is 9.90 Å². The Bertz CT molecular complexity index is 303. The van der Waals surface area contributed by atoms with Crippen molar-refractivity contribution in [2.75, 3.05) is 13.2 Å². The molecule has 0 aromatic heterocycles. The molecule has 2 aliphatic carbocycles. The molecule has 2 rings (SSSR count). The van der Waals surface area contributed by atoms with Gasteiger partial charge in [0.1, 0.15) is 0 Å². The van der Waals surface area contributed by atoms with Crippen molar-refractivity contribution in [1.29, 1.82) is 0 Å². The highest BCUT2D eigenvalue weighted by atomic mass is 16.3. The fourth-order valence-electron chi connectivity index (χ4n) is 3.83. The van der Waals surface area contributed by atoms with Gasteiger partial charge in [0.25, 0.3) is 0 Å². The average Bonchev–Trinajstić information content (AvgIpc) is 2.69. The van der Waals surface area contributed by atoms with Crippen molar-refractivity contribution in [3.8, 4) is 0 Å². The number of carbonyl (C=O) groups excluding carboxylic acids is 1. The summed E-state index contributed by atoms with van der Waals surface area (Å²) in [5, 5.41) is 9.31. The molecule has 2 aliphatic rings. The van der Waals surface area contributed by atoms with Crippen molar-refractivity contribution in [2.45, 2.75) is 76.3 Å². The molecule has 4 nitrogen and oxygen atoms in total. The van der Waals surface area contributed by atoms with Crippen molar-refractivity contribution < 1.29 is 9.90 Å². The standard InChI is InChI=1S/C16H30N2O2/c17-15-10-6-2-5-9-14(15)16(20)18(11-12-19)13-7-3-1-4-8-13/h13-15,19H,1-12,17H2. The summed E-state index contributed by atoms with van der Waals surface area (Å²) in [6.07, 6.45) is 11.2. The highest BCUT2D eigenvalue weighted by Gasteiger charge is 2.33. The Morgan fingerprint density at radius 2 is 1.60 bits per heavy atom. The first-order chi connectivity index (χ1) is 9.74. The minimum atomic E-state index is -0.0222. The highest BCUT2D eigenvalue weighted by Crippen LogP contribution is 2.28. The quantitative estimate of drug-likeness (QED) is 0.776. The Hall–Kier alpha value is -0.610. The van der Waals surface area contributed by atoms with Gasteiger partial charge in [0, 0.05) is 18.6 Å². The predicted molar refractivity (Wildman–Crippen MR) is 80.2 cm³/mol. The Labute approximate surface area is 122 Å². The van der Waals surface area contributed by atoms with Gasteiger partial charge in [-0.25, -0.2) is 0 Å². The van der Waals surface area contributed by atoms with E-state index >= 15 is 0 Å². The van der Waals surface area contributed by atoms with E-state index in [1.54, 1.807) is 0 Å². The molecule has 1 amide bonds. The molecule has 0 bridgehead atoms. The van der Waals surface area contributed by atoms with E-state index in [0.29, 0.717) is 12.6 Å². The normalized spacial score (nSPS) is 28.9. The maximum atomic E-state index is 12.9. The number of nitrogens with zero attached hydrogens (tertiary/aromatic N) is 1. The molecule has 0 heterocycles. The molecule has 0 spiro atoms. The molecule has 3 N–H and O–H groups in total. The summed E-state index contributed by atoms with van der Waals surface area (Å²) in [5.41, 5.74) is 6.23. The van der Waals surface area contributed by atoms with E-state index in [2.05, 4.69) is 0 Å². The van der Waals surface area contributed by atoms with Crippen LogP contribution in [0.3, 0.4) is 0 Å². The minimum absolute atomic E-state index is 0.00906. The van der Waals surface area contributed by atoms with Crippen LogP contribution in [0.1, 0.15) is 64.2 Å². The molecule has 0 aliphatic heterocycles. The van der Waals surface area contributed by atoms with Crippen LogP contribution < -0.4 is 5.73 Å². The average molecular weight is 282 g/mol. The largest absolute Gasteiger partial charge is 0.395 e. The van der Waals surface area contributed by atoms with Crippen LogP contribution in [0, 0.1) is 5.92 Å². The van der Waals surface area contributed by atoms with Gasteiger partial charge < -0.3 is 15.7 Å². The van der Waals surface area contributed by atoms with Crippen molar-refractivity contribution in [3.63, 3.8) is 0 Å². The van der Waals surface area contributed by atoms with E-state index in [-0.39, 0.29) is 24.5 Å². The zero-order valence-electron chi connectivity index (χ0n) is 12.6. The topological polar surface area (TPSA) is 66.6 Å². The lowest BCUT2D eigenvalue weighted by molar-refractivity contribution is -0.140. The Morgan fingerprint density at radius 1 is 1.00 bits per heavy atom. The van der Waals surface area contributed by atoms with Gasteiger partial charge in [-0.15, -0.1) is 0 Å². The van der Waals surface area contributed by atoms with Crippen LogP contribution >= 0.6 is 0 Å². The second-order valence-corrected chi connectivity index (χ2v) is 6.46. The molecule has 0 radical (unpaired) electrons. The molecular weight excluding hydrogens is 252 g/mol. The maximum absolute atomic E-state index is 12.9. The van der Waals surface area contributed by atoms with Gasteiger partial charge in [0.15, 0.2) is 0 Å². The highest BCUT2D eigenvalue weighted by molar-refractivity contribution is 5.80. The fraction of sp³-hybridized carbons (Fsp3) is 0.938. The second-order valence-electron chi connectivity index (χ2n) is 6.46. The number of nitrogens with two attached hydrogens (primary N) is 1. The third-order valence-corrected chi connectivity index (χ3v) is 5.03. The fourth-order valence-corrected chi connectivity index (χ4v) is 3.83. The molecule has 2 saturated carbocycles. The molecule has 2 atom stereocenters. The maximum Gasteiger partial charge on any atom is 0.227 e. The first kappa shape index (κ1) is 15.8. The molecule has 4 heteroatoms. The van der Waals surface area contributed by atoms with Gasteiger partial charge in [-0.1, -0.05) is 38.5 Å². The van der Waals surface area contributed by atoms with E-state index in [1.807, 2.05) is 4.90 Å². The summed E-state index contributed by atoms with van der Waals surface area (Å²) < 4.78 is 0. The van der Waals surface area contributed by atoms with Crippen LogP contribution in [0.5, 0.6) is 0 Å². The smallest absolute Gasteiger partial charge is 0.227 e. The van der Waals surface area contributed by atoms with Crippen molar-refractivity contribution in [3.05, 3.63) is 0 Å². The molecule has 0 aromatic carbocycles. The minimum Gasteiger partial charge on any atom is -0.395 e. The number of aliphatic hydroxyl groups is 1. The van der Waals surface area contributed by atoms with E-state index in [4.69, 9.17) is 5.73 Å². The zero-order valence-corrected chi connectivity index (χ0v) is 12.6. The van der Waals surface area contributed by atoms with Crippen LogP contribution in [-0.4, -0.2) is 41.1 Å². The van der Waals surface area contributed by atoms with Gasteiger partial charge >= 0.3 is 0 Å². The molecule has 0 aromatic rings. The summed E-state index contributed by atoms with van der Waals surface area (Å²) in [7, 11) is 0. The number of amides is 1. The third-order valence-electron chi connectivity index (χ3n) is 5.03. The van der Waals surface area contributed by atoms with Crippen molar-refractivity contribution >= 4 is 5.91 Å². The Kier molecular flexibility index (Phi) is 6.30. The van der Waals surface area contributed by atoms with Gasteiger partial charge in [-0.2, -0.15) is 0 Å². The SMILES string of the molecule is NC1CCCCCC1C(=O)N(CCO)C1CCCCC1. The van der Waals surface area contributed by atoms with E-state index in [0.717, 1.165) is 38.5 Å². The van der Waals surface area contributed by atoms with Gasteiger partial charge in [-0.05, 0) is 25.7 Å². The second kappa shape index (κ2) is 7.99. The third kappa shape index (κ3) is 3.95. The monoisotopic (exact) mass is 282 g/mol. The Morgan fingerprint density at radius 3 is 2.25 bits per heavy atom. The van der Waals surface area contributed by atoms with Crippen LogP contribution in [0.15, 0.2) is 0 Å². The molecule has 20 heavy (non-hydrogen) atoms. The lowest BCUT2D eigenvalue weighted by Gasteiger charge is -2.37. The molecular formula is C16H30N2O2. The van der Waals surface area contributed by atoms with Gasteiger partial charge in [0.2, 0.25) is 5.91 Å². The van der Waals surface area contributed by atoms with Crippen molar-refractivity contribution in [2.24, 2.45) is 11.7 Å². The number of hydrogen-bond donors (Lipinski definition) is 2. The first-order valence-corrected chi connectivity index (χ1v) is 8.41. The van der Waals surface area contributed by atoms with Crippen LogP contribution in [-0.2, 0) is 4.79 Å². The van der Waals surface area contributed by atoms with E-state index < -0.39 is 0 Å². The molecule has 2 unspecified atom stereocenters. The summed E-state index contributed by atoms with van der Waals surface area (Å²) in [4.78, 5) is 14.8. The predicted octanol–water partition coefficient (Wildman–Crippen LogP) is 2.05. The van der Waals surface area contributed by atoms with Crippen molar-refractivity contribution in [1.82, 2.24) is 4.90 Å². The molecule has 0 saturated heterocycles. The molecule has 2 fully saturated rings. The number of hydrogen-bond acceptors (Lipinski definition) is 3. The zero-order chi connectivity index (χ0) is 14.4. The Balaban J connectivity index is 2.04. The number of rotatable bonds is 4. The summed E-state index contributed by atoms with van der Waals surface area (Å²) in [6.45, 7) is 0.539. The first-order valence-electron chi connectivity index (χ1n) is 8.41. The number of carbonyl (C=O) groups is 1. The lowest BCUT2D eigenvalue weighted by atomic mass is 9.90.